The molecule has 2 heterocycles. The van der Waals surface area contributed by atoms with Gasteiger partial charge in [0.15, 0.2) is 6.61 Å². The molecule has 0 atom stereocenters. The normalized spacial score (nSPS) is 12.1. The van der Waals surface area contributed by atoms with Crippen LogP contribution in [0.2, 0.25) is 0 Å². The zero-order valence-electron chi connectivity index (χ0n) is 13.8. The lowest BCUT2D eigenvalue weighted by molar-refractivity contribution is -0.142. The second-order valence-electron chi connectivity index (χ2n) is 5.45. The number of thiazole rings is 1. The fourth-order valence-corrected chi connectivity index (χ4v) is 3.80. The van der Waals surface area contributed by atoms with Crippen molar-refractivity contribution in [1.29, 1.82) is 0 Å². The Morgan fingerprint density at radius 3 is 2.89 bits per heavy atom. The first-order chi connectivity index (χ1) is 13.2. The Kier molecular flexibility index (Phi) is 4.86. The van der Waals surface area contributed by atoms with Crippen LogP contribution in [-0.2, 0) is 25.7 Å². The number of rotatable bonds is 5. The van der Waals surface area contributed by atoms with E-state index in [0.29, 0.717) is 22.1 Å². The second-order valence-corrected chi connectivity index (χ2v) is 7.04. The maximum atomic E-state index is 12.0. The maximum absolute atomic E-state index is 12.0. The average molecular weight is 396 g/mol. The van der Waals surface area contributed by atoms with Crippen molar-refractivity contribution >= 4 is 67.9 Å². The molecule has 0 spiro atoms. The predicted octanol–water partition coefficient (Wildman–Crippen LogP) is 4.22. The van der Waals surface area contributed by atoms with E-state index >= 15 is 0 Å². The molecule has 1 aromatic heterocycles. The molecule has 0 saturated carbocycles. The number of benzene rings is 2. The van der Waals surface area contributed by atoms with Gasteiger partial charge in [-0.25, -0.2) is 9.78 Å². The van der Waals surface area contributed by atoms with Crippen LogP contribution >= 0.6 is 11.3 Å². The summed E-state index contributed by atoms with van der Waals surface area (Å²) in [4.78, 5) is 28.2. The van der Waals surface area contributed by atoms with Crippen molar-refractivity contribution in [2.75, 3.05) is 11.9 Å². The van der Waals surface area contributed by atoms with Crippen LogP contribution in [-0.4, -0.2) is 23.5 Å². The van der Waals surface area contributed by atoms with E-state index in [1.54, 1.807) is 24.3 Å². The zero-order valence-corrected chi connectivity index (χ0v) is 15.4. The van der Waals surface area contributed by atoms with Gasteiger partial charge in [0.05, 0.1) is 27.3 Å². The van der Waals surface area contributed by atoms with Gasteiger partial charge in [-0.05, 0) is 30.3 Å². The Morgan fingerprint density at radius 2 is 2.00 bits per heavy atom. The lowest BCUT2D eigenvalue weighted by Crippen LogP contribution is -2.20. The van der Waals surface area contributed by atoms with Crippen LogP contribution in [0.15, 0.2) is 57.3 Å². The number of fused-ring (bicyclic) bond motifs is 2. The molecule has 9 heteroatoms. The van der Waals surface area contributed by atoms with Gasteiger partial charge in [0.1, 0.15) is 16.4 Å². The smallest absolute Gasteiger partial charge is 0.331 e. The molecule has 1 amide bonds. The van der Waals surface area contributed by atoms with Gasteiger partial charge in [-0.3, -0.25) is 4.79 Å². The van der Waals surface area contributed by atoms with Crippen LogP contribution in [0.1, 0.15) is 5.01 Å². The van der Waals surface area contributed by atoms with E-state index in [2.05, 4.69) is 19.0 Å². The van der Waals surface area contributed by atoms with E-state index in [0.717, 1.165) is 21.6 Å². The first kappa shape index (κ1) is 17.3. The van der Waals surface area contributed by atoms with E-state index in [1.807, 2.05) is 24.3 Å². The summed E-state index contributed by atoms with van der Waals surface area (Å²) >= 11 is 2.54. The number of anilines is 1. The maximum Gasteiger partial charge on any atom is 0.331 e. The predicted molar refractivity (Wildman–Crippen MR) is 106 cm³/mol. The molecule has 27 heavy (non-hydrogen) atoms. The van der Waals surface area contributed by atoms with Crippen molar-refractivity contribution in [2.24, 2.45) is 8.73 Å². The lowest BCUT2D eigenvalue weighted by Gasteiger charge is -2.07. The molecular formula is C18H12N4O3S2. The number of nitrogens with zero attached hydrogens (tertiary/aromatic N) is 3. The van der Waals surface area contributed by atoms with E-state index < -0.39 is 18.5 Å². The topological polar surface area (TPSA) is 93.0 Å². The first-order valence-electron chi connectivity index (χ1n) is 7.90. The highest BCUT2D eigenvalue weighted by Crippen LogP contribution is 2.38. The molecule has 0 saturated heterocycles. The monoisotopic (exact) mass is 396 g/mol. The highest BCUT2D eigenvalue weighted by Gasteiger charge is 2.13. The summed E-state index contributed by atoms with van der Waals surface area (Å²) in [6.07, 6.45) is 2.84. The molecule has 134 valence electrons. The summed E-state index contributed by atoms with van der Waals surface area (Å²) in [6.45, 7) is -0.392. The van der Waals surface area contributed by atoms with Crippen molar-refractivity contribution in [1.82, 2.24) is 4.98 Å². The number of para-hydroxylation sites is 1. The summed E-state index contributed by atoms with van der Waals surface area (Å²) < 4.78 is 14.3. The number of hydrogen-bond donors (Lipinski definition) is 1. The minimum atomic E-state index is -0.613. The summed E-state index contributed by atoms with van der Waals surface area (Å²) in [5.74, 6) is -1.06. The number of carbonyl (C=O) groups is 2. The minimum Gasteiger partial charge on any atom is -0.452 e. The number of hydrogen-bond acceptors (Lipinski definition) is 7. The van der Waals surface area contributed by atoms with Gasteiger partial charge in [-0.2, -0.15) is 8.73 Å². The minimum absolute atomic E-state index is 0.392. The third-order valence-electron chi connectivity index (χ3n) is 3.58. The van der Waals surface area contributed by atoms with Crippen molar-refractivity contribution in [2.45, 2.75) is 0 Å². The van der Waals surface area contributed by atoms with Crippen LogP contribution in [0.25, 0.3) is 16.3 Å². The molecule has 2 aromatic carbocycles. The third-order valence-corrected chi connectivity index (χ3v) is 5.12. The second kappa shape index (κ2) is 7.60. The van der Waals surface area contributed by atoms with Crippen LogP contribution in [0, 0.1) is 0 Å². The number of amides is 1. The molecule has 1 aliphatic heterocycles. The molecule has 0 aliphatic carbocycles. The zero-order chi connectivity index (χ0) is 18.6. The van der Waals surface area contributed by atoms with Gasteiger partial charge < -0.3 is 10.1 Å². The number of aromatic nitrogens is 1. The average Bonchev–Trinajstić information content (AvgIpc) is 3.31. The van der Waals surface area contributed by atoms with Crippen LogP contribution in [0.4, 0.5) is 17.1 Å². The van der Waals surface area contributed by atoms with Gasteiger partial charge in [0, 0.05) is 6.08 Å². The van der Waals surface area contributed by atoms with Crippen LogP contribution in [0.5, 0.6) is 0 Å². The number of carbonyl (C=O) groups excluding carboxylic acids is 2. The van der Waals surface area contributed by atoms with Crippen molar-refractivity contribution < 1.29 is 14.3 Å². The fraction of sp³-hybridized carbons (Fsp3) is 0.0556. The molecule has 0 unspecified atom stereocenters. The van der Waals surface area contributed by atoms with Gasteiger partial charge in [-0.15, -0.1) is 11.3 Å². The molecule has 3 aromatic rings. The Balaban J connectivity index is 1.32. The summed E-state index contributed by atoms with van der Waals surface area (Å²) in [7, 11) is 0. The van der Waals surface area contributed by atoms with Gasteiger partial charge in [-0.1, -0.05) is 18.2 Å². The fourth-order valence-electron chi connectivity index (χ4n) is 2.38. The van der Waals surface area contributed by atoms with E-state index in [4.69, 9.17) is 4.74 Å². The molecule has 0 bridgehead atoms. The SMILES string of the molecule is O=C(COC(=O)/C=C/c1nc2ccccc2s1)Nc1cccc2c1N=S=N2. The third kappa shape index (κ3) is 3.99. The van der Waals surface area contributed by atoms with Crippen molar-refractivity contribution in [3.8, 4) is 0 Å². The Labute approximate surface area is 161 Å². The van der Waals surface area contributed by atoms with E-state index in [-0.39, 0.29) is 0 Å². The summed E-state index contributed by atoms with van der Waals surface area (Å²) in [6, 6.07) is 13.0. The molecule has 0 fully saturated rings. The van der Waals surface area contributed by atoms with Crippen molar-refractivity contribution in [3.63, 3.8) is 0 Å². The van der Waals surface area contributed by atoms with Crippen LogP contribution in [0.3, 0.4) is 0 Å². The highest BCUT2D eigenvalue weighted by molar-refractivity contribution is 7.58. The van der Waals surface area contributed by atoms with Gasteiger partial charge in [0.2, 0.25) is 0 Å². The van der Waals surface area contributed by atoms with Gasteiger partial charge >= 0.3 is 5.97 Å². The Bertz CT molecular complexity index is 1110. The Morgan fingerprint density at radius 1 is 1.11 bits per heavy atom. The first-order valence-corrected chi connectivity index (χ1v) is 9.45. The number of ether oxygens (including phenoxy) is 1. The molecule has 1 N–H and O–H groups in total. The molecule has 7 nitrogen and oxygen atoms in total. The molecule has 0 radical (unpaired) electrons. The number of esters is 1. The van der Waals surface area contributed by atoms with Crippen molar-refractivity contribution in [3.05, 3.63) is 53.5 Å². The molecular weight excluding hydrogens is 384 g/mol. The Hall–Kier alpha value is -3.17. The summed E-state index contributed by atoms with van der Waals surface area (Å²) in [5.41, 5.74) is 2.72. The lowest BCUT2D eigenvalue weighted by atomic mass is 10.2. The van der Waals surface area contributed by atoms with Gasteiger partial charge in [0.25, 0.3) is 5.91 Å². The number of nitrogens with one attached hydrogen (secondary N) is 1. The quantitative estimate of drug-likeness (QED) is 0.404. The van der Waals surface area contributed by atoms with E-state index in [1.165, 1.54) is 17.4 Å². The summed E-state index contributed by atoms with van der Waals surface area (Å²) in [5, 5.41) is 3.37. The largest absolute Gasteiger partial charge is 0.452 e. The molecule has 4 rings (SSSR count). The highest BCUT2D eigenvalue weighted by atomic mass is 32.1. The van der Waals surface area contributed by atoms with Crippen LogP contribution < -0.4 is 5.32 Å². The standard InChI is InChI=1S/C18H12N4O3S2/c23-15(19-12-5-3-6-13-18(12)22-27-21-13)10-25-17(24)9-8-16-20-11-4-1-2-7-14(11)26-16/h1-9H,10H2,(H,19,23)/b9-8+. The van der Waals surface area contributed by atoms with E-state index in [9.17, 15) is 9.59 Å². The molecule has 1 aliphatic rings.